The van der Waals surface area contributed by atoms with E-state index in [0.717, 1.165) is 23.4 Å². The van der Waals surface area contributed by atoms with Crippen molar-refractivity contribution in [3.63, 3.8) is 0 Å². The summed E-state index contributed by atoms with van der Waals surface area (Å²) in [6.07, 6.45) is 1.34. The van der Waals surface area contributed by atoms with E-state index in [1.54, 1.807) is 0 Å². The Balaban J connectivity index is 2.77. The Bertz CT molecular complexity index is 360. The van der Waals surface area contributed by atoms with E-state index in [9.17, 15) is 5.11 Å². The van der Waals surface area contributed by atoms with Gasteiger partial charge in [-0.05, 0) is 29.8 Å². The molecule has 0 saturated carbocycles. The van der Waals surface area contributed by atoms with E-state index in [1.165, 1.54) is 11.5 Å². The second kappa shape index (κ2) is 5.02. The van der Waals surface area contributed by atoms with E-state index in [1.807, 2.05) is 0 Å². The number of aromatic nitrogens is 2. The second-order valence-corrected chi connectivity index (χ2v) is 7.64. The first-order valence-corrected chi connectivity index (χ1v) is 6.89. The molecule has 1 aromatic rings. The number of aliphatic hydroxyl groups is 1. The quantitative estimate of drug-likeness (QED) is 0.897. The zero-order valence-corrected chi connectivity index (χ0v) is 12.6. The molecule has 0 amide bonds. The van der Waals surface area contributed by atoms with E-state index in [0.29, 0.717) is 0 Å². The Morgan fingerprint density at radius 2 is 1.76 bits per heavy atom. The van der Waals surface area contributed by atoms with E-state index in [2.05, 4.69) is 51.1 Å². The molecule has 4 heteroatoms. The van der Waals surface area contributed by atoms with Gasteiger partial charge < -0.3 is 5.11 Å². The SMILES string of the molecule is CC(C)(C)CCC(O)c1snnc1C(C)(C)C. The van der Waals surface area contributed by atoms with Crippen LogP contribution in [0.25, 0.3) is 0 Å². The van der Waals surface area contributed by atoms with Crippen LogP contribution in [0.15, 0.2) is 0 Å². The first kappa shape index (κ1) is 14.6. The lowest BCUT2D eigenvalue weighted by molar-refractivity contribution is 0.148. The van der Waals surface area contributed by atoms with Crippen molar-refractivity contribution in [2.75, 3.05) is 0 Å². The zero-order chi connectivity index (χ0) is 13.3. The Morgan fingerprint density at radius 3 is 2.24 bits per heavy atom. The largest absolute Gasteiger partial charge is 0.387 e. The fraction of sp³-hybridized carbons (Fsp3) is 0.846. The van der Waals surface area contributed by atoms with Gasteiger partial charge in [-0.25, -0.2) is 0 Å². The van der Waals surface area contributed by atoms with E-state index >= 15 is 0 Å². The van der Waals surface area contributed by atoms with Crippen molar-refractivity contribution in [3.8, 4) is 0 Å². The van der Waals surface area contributed by atoms with Crippen molar-refractivity contribution < 1.29 is 5.11 Å². The summed E-state index contributed by atoms with van der Waals surface area (Å²) in [4.78, 5) is 0.932. The maximum Gasteiger partial charge on any atom is 0.0917 e. The summed E-state index contributed by atoms with van der Waals surface area (Å²) in [5, 5.41) is 14.4. The molecular formula is C13H24N2OS. The average molecular weight is 256 g/mol. The van der Waals surface area contributed by atoms with E-state index in [4.69, 9.17) is 0 Å². The highest BCUT2D eigenvalue weighted by atomic mass is 32.1. The summed E-state index contributed by atoms with van der Waals surface area (Å²) in [6, 6.07) is 0. The average Bonchev–Trinajstić information content (AvgIpc) is 2.60. The van der Waals surface area contributed by atoms with Gasteiger partial charge in [0.2, 0.25) is 0 Å². The highest BCUT2D eigenvalue weighted by molar-refractivity contribution is 7.05. The van der Waals surface area contributed by atoms with Gasteiger partial charge in [0.05, 0.1) is 16.7 Å². The smallest absolute Gasteiger partial charge is 0.0917 e. The molecule has 0 aliphatic heterocycles. The first-order valence-electron chi connectivity index (χ1n) is 6.12. The maximum absolute atomic E-state index is 10.2. The van der Waals surface area contributed by atoms with Crippen LogP contribution in [0.5, 0.6) is 0 Å². The number of rotatable bonds is 3. The minimum Gasteiger partial charge on any atom is -0.387 e. The van der Waals surface area contributed by atoms with Crippen LogP contribution in [0, 0.1) is 5.41 Å². The van der Waals surface area contributed by atoms with Crippen molar-refractivity contribution >= 4 is 11.5 Å². The summed E-state index contributed by atoms with van der Waals surface area (Å²) in [7, 11) is 0. The summed E-state index contributed by atoms with van der Waals surface area (Å²) < 4.78 is 3.99. The van der Waals surface area contributed by atoms with Crippen LogP contribution < -0.4 is 0 Å². The zero-order valence-electron chi connectivity index (χ0n) is 11.7. The molecule has 0 aliphatic rings. The van der Waals surface area contributed by atoms with Crippen molar-refractivity contribution in [1.29, 1.82) is 0 Å². The maximum atomic E-state index is 10.2. The van der Waals surface area contributed by atoms with E-state index in [-0.39, 0.29) is 10.8 Å². The van der Waals surface area contributed by atoms with Crippen LogP contribution in [0.4, 0.5) is 0 Å². The van der Waals surface area contributed by atoms with Gasteiger partial charge in [-0.1, -0.05) is 46.0 Å². The Labute approximate surface area is 108 Å². The van der Waals surface area contributed by atoms with Crippen LogP contribution in [0.1, 0.15) is 71.1 Å². The third-order valence-corrected chi connectivity index (χ3v) is 3.52. The first-order chi connectivity index (χ1) is 7.61. The van der Waals surface area contributed by atoms with Crippen molar-refractivity contribution in [2.45, 2.75) is 65.9 Å². The standard InChI is InChI=1S/C13H24N2OS/c1-12(2,3)8-7-9(16)10-11(13(4,5)6)14-15-17-10/h9,16H,7-8H2,1-6H3. The van der Waals surface area contributed by atoms with Crippen LogP contribution in [0.2, 0.25) is 0 Å². The molecule has 3 nitrogen and oxygen atoms in total. The molecule has 1 N–H and O–H groups in total. The lowest BCUT2D eigenvalue weighted by Gasteiger charge is -2.22. The molecule has 17 heavy (non-hydrogen) atoms. The minimum absolute atomic E-state index is 0.0505. The predicted octanol–water partition coefficient (Wildman–Crippen LogP) is 3.70. The number of nitrogens with zero attached hydrogens (tertiary/aromatic N) is 2. The van der Waals surface area contributed by atoms with E-state index < -0.39 is 6.10 Å². The molecule has 0 spiro atoms. The van der Waals surface area contributed by atoms with Gasteiger partial charge in [0, 0.05) is 5.41 Å². The number of hydrogen-bond donors (Lipinski definition) is 1. The third-order valence-electron chi connectivity index (χ3n) is 2.69. The van der Waals surface area contributed by atoms with Gasteiger partial charge >= 0.3 is 0 Å². The molecule has 0 saturated heterocycles. The van der Waals surface area contributed by atoms with Crippen molar-refractivity contribution in [2.24, 2.45) is 5.41 Å². The highest BCUT2D eigenvalue weighted by Crippen LogP contribution is 2.34. The third kappa shape index (κ3) is 4.36. The number of hydrogen-bond acceptors (Lipinski definition) is 4. The molecule has 1 unspecified atom stereocenters. The molecular weight excluding hydrogens is 232 g/mol. The van der Waals surface area contributed by atoms with Crippen molar-refractivity contribution in [1.82, 2.24) is 9.59 Å². The van der Waals surface area contributed by atoms with Crippen LogP contribution >= 0.6 is 11.5 Å². The fourth-order valence-electron chi connectivity index (χ4n) is 1.64. The molecule has 0 aliphatic carbocycles. The lowest BCUT2D eigenvalue weighted by atomic mass is 9.86. The Kier molecular flexibility index (Phi) is 4.31. The topological polar surface area (TPSA) is 46.0 Å². The summed E-state index contributed by atoms with van der Waals surface area (Å²) in [6.45, 7) is 12.9. The molecule has 1 atom stereocenters. The molecule has 98 valence electrons. The predicted molar refractivity (Wildman–Crippen MR) is 72.3 cm³/mol. The normalized spacial score (nSPS) is 15.0. The molecule has 0 bridgehead atoms. The molecule has 0 radical (unpaired) electrons. The highest BCUT2D eigenvalue weighted by Gasteiger charge is 2.26. The Hall–Kier alpha value is -0.480. The van der Waals surface area contributed by atoms with Gasteiger partial charge in [-0.2, -0.15) is 0 Å². The minimum atomic E-state index is -0.427. The van der Waals surface area contributed by atoms with Gasteiger partial charge in [-0.15, -0.1) is 5.10 Å². The monoisotopic (exact) mass is 256 g/mol. The van der Waals surface area contributed by atoms with Crippen LogP contribution in [-0.2, 0) is 5.41 Å². The van der Waals surface area contributed by atoms with Gasteiger partial charge in [-0.3, -0.25) is 0 Å². The molecule has 0 fully saturated rings. The summed E-state index contributed by atoms with van der Waals surface area (Å²) in [5.41, 5.74) is 1.13. The number of aliphatic hydroxyl groups excluding tert-OH is 1. The summed E-state index contributed by atoms with van der Waals surface area (Å²) in [5.74, 6) is 0. The van der Waals surface area contributed by atoms with Gasteiger partial charge in [0.1, 0.15) is 0 Å². The molecule has 1 heterocycles. The Morgan fingerprint density at radius 1 is 1.18 bits per heavy atom. The fourth-order valence-corrected chi connectivity index (χ4v) is 2.52. The molecule has 0 aromatic carbocycles. The molecule has 1 rings (SSSR count). The van der Waals surface area contributed by atoms with Crippen molar-refractivity contribution in [3.05, 3.63) is 10.6 Å². The second-order valence-electron chi connectivity index (χ2n) is 6.85. The lowest BCUT2D eigenvalue weighted by Crippen LogP contribution is -2.16. The van der Waals surface area contributed by atoms with Gasteiger partial charge in [0.15, 0.2) is 0 Å². The van der Waals surface area contributed by atoms with Crippen LogP contribution in [-0.4, -0.2) is 14.7 Å². The van der Waals surface area contributed by atoms with Gasteiger partial charge in [0.25, 0.3) is 0 Å². The molecule has 1 aromatic heterocycles. The van der Waals surface area contributed by atoms with Crippen LogP contribution in [0.3, 0.4) is 0 Å². The summed E-state index contributed by atoms with van der Waals surface area (Å²) >= 11 is 1.32.